The minimum absolute atomic E-state index is 0.0461. The van der Waals surface area contributed by atoms with Crippen molar-refractivity contribution in [1.29, 1.82) is 0 Å². The van der Waals surface area contributed by atoms with E-state index in [9.17, 15) is 4.79 Å². The van der Waals surface area contributed by atoms with Gasteiger partial charge in [-0.15, -0.1) is 0 Å². The van der Waals surface area contributed by atoms with Crippen molar-refractivity contribution in [1.82, 2.24) is 4.90 Å². The SMILES string of the molecule is C=C/C(C)=C/C(=C)[C@H]1CCCN1C(=O)OC(C)(C)C. The van der Waals surface area contributed by atoms with Gasteiger partial charge >= 0.3 is 6.09 Å². The molecule has 0 saturated carbocycles. The lowest BCUT2D eigenvalue weighted by molar-refractivity contribution is 0.0251. The van der Waals surface area contributed by atoms with E-state index in [4.69, 9.17) is 4.74 Å². The van der Waals surface area contributed by atoms with Crippen molar-refractivity contribution < 1.29 is 9.53 Å². The molecule has 0 N–H and O–H groups in total. The van der Waals surface area contributed by atoms with E-state index in [0.717, 1.165) is 30.5 Å². The van der Waals surface area contributed by atoms with Crippen LogP contribution in [0.1, 0.15) is 40.5 Å². The van der Waals surface area contributed by atoms with Gasteiger partial charge in [-0.3, -0.25) is 0 Å². The minimum Gasteiger partial charge on any atom is -0.444 e. The molecule has 3 nitrogen and oxygen atoms in total. The van der Waals surface area contributed by atoms with Gasteiger partial charge in [-0.2, -0.15) is 0 Å². The second-order valence-electron chi connectivity index (χ2n) is 6.00. The molecule has 0 radical (unpaired) electrons. The van der Waals surface area contributed by atoms with E-state index >= 15 is 0 Å². The molecule has 0 bridgehead atoms. The van der Waals surface area contributed by atoms with Crippen molar-refractivity contribution in [3.63, 3.8) is 0 Å². The van der Waals surface area contributed by atoms with Crippen LogP contribution in [0.3, 0.4) is 0 Å². The zero-order chi connectivity index (χ0) is 14.6. The largest absolute Gasteiger partial charge is 0.444 e. The quantitative estimate of drug-likeness (QED) is 0.718. The molecule has 0 aromatic heterocycles. The molecule has 1 amide bonds. The molecule has 0 aliphatic carbocycles. The first-order valence-corrected chi connectivity index (χ1v) is 6.74. The number of ether oxygens (including phenoxy) is 1. The summed E-state index contributed by atoms with van der Waals surface area (Å²) >= 11 is 0. The Balaban J connectivity index is 2.77. The fourth-order valence-electron chi connectivity index (χ4n) is 2.14. The lowest BCUT2D eigenvalue weighted by atomic mass is 10.0. The zero-order valence-electron chi connectivity index (χ0n) is 12.5. The van der Waals surface area contributed by atoms with Gasteiger partial charge in [0.25, 0.3) is 0 Å². The van der Waals surface area contributed by atoms with Gasteiger partial charge in [0.05, 0.1) is 6.04 Å². The Labute approximate surface area is 116 Å². The fourth-order valence-corrected chi connectivity index (χ4v) is 2.14. The first kappa shape index (κ1) is 15.5. The molecular weight excluding hydrogens is 238 g/mol. The van der Waals surface area contributed by atoms with E-state index in [-0.39, 0.29) is 12.1 Å². The fraction of sp³-hybridized carbons (Fsp3) is 0.562. The Morgan fingerprint density at radius 2 is 2.05 bits per heavy atom. The number of nitrogens with zero attached hydrogens (tertiary/aromatic N) is 1. The second kappa shape index (κ2) is 6.09. The standard InChI is InChI=1S/C16H25NO2/c1-7-12(2)11-13(3)14-9-8-10-17(14)15(18)19-16(4,5)6/h7,11,14H,1,3,8-10H2,2,4-6H3/b12-11+/t14-/m1/s1. The smallest absolute Gasteiger partial charge is 0.410 e. The van der Waals surface area contributed by atoms with Gasteiger partial charge in [0.15, 0.2) is 0 Å². The highest BCUT2D eigenvalue weighted by atomic mass is 16.6. The van der Waals surface area contributed by atoms with Gasteiger partial charge in [0, 0.05) is 6.54 Å². The summed E-state index contributed by atoms with van der Waals surface area (Å²) in [5.41, 5.74) is 1.54. The van der Waals surface area contributed by atoms with Crippen LogP contribution in [0.15, 0.2) is 36.5 Å². The summed E-state index contributed by atoms with van der Waals surface area (Å²) in [7, 11) is 0. The van der Waals surface area contributed by atoms with Crippen molar-refractivity contribution in [2.75, 3.05) is 6.54 Å². The molecule has 106 valence electrons. The number of likely N-dealkylation sites (tertiary alicyclic amines) is 1. The van der Waals surface area contributed by atoms with Gasteiger partial charge in [-0.1, -0.05) is 30.9 Å². The van der Waals surface area contributed by atoms with E-state index in [2.05, 4.69) is 13.2 Å². The average Bonchev–Trinajstić information content (AvgIpc) is 2.75. The first-order chi connectivity index (χ1) is 8.74. The maximum absolute atomic E-state index is 12.2. The van der Waals surface area contributed by atoms with Crippen LogP contribution in [0.4, 0.5) is 4.79 Å². The third kappa shape index (κ3) is 4.58. The molecule has 1 rings (SSSR count). The molecule has 1 atom stereocenters. The normalized spacial score (nSPS) is 20.3. The molecule has 1 fully saturated rings. The Morgan fingerprint density at radius 1 is 1.42 bits per heavy atom. The van der Waals surface area contributed by atoms with Crippen molar-refractivity contribution in [3.05, 3.63) is 36.5 Å². The highest BCUT2D eigenvalue weighted by Crippen LogP contribution is 2.26. The molecule has 0 spiro atoms. The number of hydrogen-bond acceptors (Lipinski definition) is 2. The van der Waals surface area contributed by atoms with E-state index in [1.165, 1.54) is 0 Å². The lowest BCUT2D eigenvalue weighted by Gasteiger charge is -2.29. The topological polar surface area (TPSA) is 29.5 Å². The van der Waals surface area contributed by atoms with Crippen molar-refractivity contribution in [2.45, 2.75) is 52.2 Å². The maximum Gasteiger partial charge on any atom is 0.410 e. The van der Waals surface area contributed by atoms with Gasteiger partial charge in [0.2, 0.25) is 0 Å². The third-order valence-electron chi connectivity index (χ3n) is 3.04. The summed E-state index contributed by atoms with van der Waals surface area (Å²) in [6, 6.07) is 0.0461. The summed E-state index contributed by atoms with van der Waals surface area (Å²) in [5.74, 6) is 0. The van der Waals surface area contributed by atoms with Crippen molar-refractivity contribution in [2.24, 2.45) is 0 Å². The average molecular weight is 263 g/mol. The minimum atomic E-state index is -0.460. The molecule has 1 aliphatic heterocycles. The highest BCUT2D eigenvalue weighted by molar-refractivity contribution is 5.69. The Hall–Kier alpha value is -1.51. The monoisotopic (exact) mass is 263 g/mol. The molecule has 0 unspecified atom stereocenters. The Bertz CT molecular complexity index is 401. The Morgan fingerprint density at radius 3 is 2.58 bits per heavy atom. The van der Waals surface area contributed by atoms with Crippen LogP contribution in [-0.4, -0.2) is 29.2 Å². The third-order valence-corrected chi connectivity index (χ3v) is 3.04. The number of hydrogen-bond donors (Lipinski definition) is 0. The molecule has 0 aromatic carbocycles. The molecular formula is C16H25NO2. The van der Waals surface area contributed by atoms with Crippen LogP contribution in [0.25, 0.3) is 0 Å². The van der Waals surface area contributed by atoms with Crippen LogP contribution in [0.5, 0.6) is 0 Å². The Kier molecular flexibility index (Phi) is 4.98. The van der Waals surface area contributed by atoms with E-state index in [1.807, 2.05) is 33.8 Å². The first-order valence-electron chi connectivity index (χ1n) is 6.74. The molecule has 1 aliphatic rings. The molecule has 19 heavy (non-hydrogen) atoms. The second-order valence-corrected chi connectivity index (χ2v) is 6.00. The van der Waals surface area contributed by atoms with Gasteiger partial charge in [0.1, 0.15) is 5.60 Å². The van der Waals surface area contributed by atoms with E-state index < -0.39 is 5.60 Å². The van der Waals surface area contributed by atoms with E-state index in [0.29, 0.717) is 0 Å². The zero-order valence-corrected chi connectivity index (χ0v) is 12.5. The number of rotatable bonds is 3. The molecule has 0 aromatic rings. The summed E-state index contributed by atoms with van der Waals surface area (Å²) in [6.07, 6.45) is 5.46. The summed E-state index contributed by atoms with van der Waals surface area (Å²) in [4.78, 5) is 13.9. The van der Waals surface area contributed by atoms with Crippen LogP contribution in [-0.2, 0) is 4.74 Å². The number of amides is 1. The summed E-state index contributed by atoms with van der Waals surface area (Å²) in [5, 5.41) is 0. The lowest BCUT2D eigenvalue weighted by Crippen LogP contribution is -2.40. The predicted molar refractivity (Wildman–Crippen MR) is 79.1 cm³/mol. The van der Waals surface area contributed by atoms with Crippen LogP contribution in [0, 0.1) is 0 Å². The number of allylic oxidation sites excluding steroid dienone is 2. The van der Waals surface area contributed by atoms with E-state index in [1.54, 1.807) is 11.0 Å². The predicted octanol–water partition coefficient (Wildman–Crippen LogP) is 4.07. The van der Waals surface area contributed by atoms with Crippen LogP contribution >= 0.6 is 0 Å². The maximum atomic E-state index is 12.2. The summed E-state index contributed by atoms with van der Waals surface area (Å²) in [6.45, 7) is 16.2. The molecule has 1 saturated heterocycles. The number of carbonyl (C=O) groups excluding carboxylic acids is 1. The van der Waals surface area contributed by atoms with Gasteiger partial charge in [-0.05, 0) is 46.1 Å². The highest BCUT2D eigenvalue weighted by Gasteiger charge is 2.32. The van der Waals surface area contributed by atoms with Crippen LogP contribution < -0.4 is 0 Å². The van der Waals surface area contributed by atoms with Crippen LogP contribution in [0.2, 0.25) is 0 Å². The molecule has 3 heteroatoms. The van der Waals surface area contributed by atoms with Gasteiger partial charge < -0.3 is 9.64 Å². The van der Waals surface area contributed by atoms with Gasteiger partial charge in [-0.25, -0.2) is 4.79 Å². The number of carbonyl (C=O) groups is 1. The molecule has 1 heterocycles. The van der Waals surface area contributed by atoms with Crippen molar-refractivity contribution >= 4 is 6.09 Å². The summed E-state index contributed by atoms with van der Waals surface area (Å²) < 4.78 is 5.44. The van der Waals surface area contributed by atoms with Crippen molar-refractivity contribution in [3.8, 4) is 0 Å².